The number of methoxy groups -OCH3 is 1. The highest BCUT2D eigenvalue weighted by atomic mass is 127. The van der Waals surface area contributed by atoms with E-state index in [1.807, 2.05) is 16.8 Å². The monoisotopic (exact) mass is 328 g/mol. The van der Waals surface area contributed by atoms with Gasteiger partial charge in [-0.25, -0.2) is 0 Å². The number of nitrogens with zero attached hydrogens (tertiary/aromatic N) is 2. The average Bonchev–Trinajstić information content (AvgIpc) is 2.59. The van der Waals surface area contributed by atoms with Gasteiger partial charge in [0.05, 0.1) is 13.7 Å². The van der Waals surface area contributed by atoms with Crippen molar-refractivity contribution in [3.05, 3.63) is 45.3 Å². The predicted octanol–water partition coefficient (Wildman–Crippen LogP) is 2.85. The highest BCUT2D eigenvalue weighted by Gasteiger charge is 2.02. The molecule has 1 heterocycles. The lowest BCUT2D eigenvalue weighted by Crippen LogP contribution is -2.00. The van der Waals surface area contributed by atoms with Gasteiger partial charge in [0.1, 0.15) is 9.45 Å². The van der Waals surface area contributed by atoms with Crippen LogP contribution in [0.5, 0.6) is 5.75 Å². The van der Waals surface area contributed by atoms with Crippen molar-refractivity contribution in [2.24, 2.45) is 0 Å². The standard InChI is InChI=1S/C12H13IN2O/c1-9-7-15(14-12(9)13)8-10-3-5-11(16-2)6-4-10/h3-7H,8H2,1-2H3. The lowest BCUT2D eigenvalue weighted by molar-refractivity contribution is 0.414. The molecule has 0 saturated carbocycles. The number of aromatic nitrogens is 2. The molecule has 0 saturated heterocycles. The Labute approximate surface area is 109 Å². The van der Waals surface area contributed by atoms with Gasteiger partial charge < -0.3 is 4.74 Å². The van der Waals surface area contributed by atoms with Gasteiger partial charge in [-0.3, -0.25) is 4.68 Å². The molecular formula is C12H13IN2O. The summed E-state index contributed by atoms with van der Waals surface area (Å²) in [4.78, 5) is 0. The van der Waals surface area contributed by atoms with Crippen molar-refractivity contribution in [1.82, 2.24) is 9.78 Å². The number of ether oxygens (including phenoxy) is 1. The Kier molecular flexibility index (Phi) is 3.48. The molecule has 0 atom stereocenters. The SMILES string of the molecule is COc1ccc(Cn2cc(C)c(I)n2)cc1. The molecule has 2 aromatic rings. The maximum Gasteiger partial charge on any atom is 0.126 e. The quantitative estimate of drug-likeness (QED) is 0.810. The van der Waals surface area contributed by atoms with Gasteiger partial charge in [0.15, 0.2) is 0 Å². The van der Waals surface area contributed by atoms with Crippen LogP contribution < -0.4 is 4.74 Å². The third kappa shape index (κ3) is 2.55. The van der Waals surface area contributed by atoms with Crippen LogP contribution in [0.2, 0.25) is 0 Å². The molecule has 0 aliphatic heterocycles. The summed E-state index contributed by atoms with van der Waals surface area (Å²) in [7, 11) is 1.67. The number of hydrogen-bond acceptors (Lipinski definition) is 2. The average molecular weight is 328 g/mol. The van der Waals surface area contributed by atoms with E-state index < -0.39 is 0 Å². The van der Waals surface area contributed by atoms with Crippen molar-refractivity contribution in [1.29, 1.82) is 0 Å². The van der Waals surface area contributed by atoms with E-state index in [4.69, 9.17) is 4.74 Å². The smallest absolute Gasteiger partial charge is 0.126 e. The minimum atomic E-state index is 0.799. The summed E-state index contributed by atoms with van der Waals surface area (Å²) in [6.45, 7) is 2.87. The molecule has 0 radical (unpaired) electrons. The van der Waals surface area contributed by atoms with E-state index in [9.17, 15) is 0 Å². The molecule has 0 amide bonds. The van der Waals surface area contributed by atoms with Gasteiger partial charge in [0.2, 0.25) is 0 Å². The summed E-state index contributed by atoms with van der Waals surface area (Å²) < 4.78 is 8.14. The minimum absolute atomic E-state index is 0.799. The Morgan fingerprint density at radius 3 is 2.50 bits per heavy atom. The number of benzene rings is 1. The highest BCUT2D eigenvalue weighted by Crippen LogP contribution is 2.13. The van der Waals surface area contributed by atoms with Crippen LogP contribution in [0.3, 0.4) is 0 Å². The van der Waals surface area contributed by atoms with Crippen molar-refractivity contribution in [3.8, 4) is 5.75 Å². The minimum Gasteiger partial charge on any atom is -0.497 e. The Morgan fingerprint density at radius 1 is 1.31 bits per heavy atom. The normalized spacial score (nSPS) is 10.4. The fraction of sp³-hybridized carbons (Fsp3) is 0.250. The first-order valence-electron chi connectivity index (χ1n) is 5.01. The fourth-order valence-electron chi connectivity index (χ4n) is 1.50. The third-order valence-corrected chi connectivity index (χ3v) is 3.45. The number of hydrogen-bond donors (Lipinski definition) is 0. The zero-order chi connectivity index (χ0) is 11.5. The van der Waals surface area contributed by atoms with E-state index in [0.717, 1.165) is 16.0 Å². The molecular weight excluding hydrogens is 315 g/mol. The van der Waals surface area contributed by atoms with E-state index in [1.54, 1.807) is 7.11 Å². The molecule has 0 fully saturated rings. The lowest BCUT2D eigenvalue weighted by Gasteiger charge is -2.03. The first-order valence-corrected chi connectivity index (χ1v) is 6.09. The molecule has 0 unspecified atom stereocenters. The Morgan fingerprint density at radius 2 is 2.00 bits per heavy atom. The van der Waals surface area contributed by atoms with Crippen molar-refractivity contribution in [2.45, 2.75) is 13.5 Å². The van der Waals surface area contributed by atoms with Crippen molar-refractivity contribution >= 4 is 22.6 Å². The lowest BCUT2D eigenvalue weighted by atomic mass is 10.2. The summed E-state index contributed by atoms with van der Waals surface area (Å²) in [6, 6.07) is 8.05. The van der Waals surface area contributed by atoms with Crippen molar-refractivity contribution in [3.63, 3.8) is 0 Å². The Balaban J connectivity index is 2.14. The molecule has 1 aromatic heterocycles. The number of aryl methyl sites for hydroxylation is 1. The second-order valence-corrected chi connectivity index (χ2v) is 4.67. The third-order valence-electron chi connectivity index (χ3n) is 2.39. The van der Waals surface area contributed by atoms with E-state index in [2.05, 4.69) is 52.9 Å². The number of rotatable bonds is 3. The van der Waals surface area contributed by atoms with E-state index in [1.165, 1.54) is 11.1 Å². The van der Waals surface area contributed by atoms with Gasteiger partial charge in [-0.2, -0.15) is 5.10 Å². The molecule has 2 rings (SSSR count). The van der Waals surface area contributed by atoms with Crippen LogP contribution in [0.15, 0.2) is 30.5 Å². The maximum absolute atomic E-state index is 5.12. The Hall–Kier alpha value is -1.04. The molecule has 0 spiro atoms. The molecule has 0 aliphatic carbocycles. The second-order valence-electron chi connectivity index (χ2n) is 3.65. The van der Waals surface area contributed by atoms with Crippen LogP contribution in [-0.2, 0) is 6.54 Å². The van der Waals surface area contributed by atoms with Crippen LogP contribution in [0, 0.1) is 10.6 Å². The van der Waals surface area contributed by atoms with Gasteiger partial charge in [-0.05, 0) is 47.2 Å². The fourth-order valence-corrected chi connectivity index (χ4v) is 1.91. The molecule has 3 nitrogen and oxygen atoms in total. The van der Waals surface area contributed by atoms with Gasteiger partial charge in [-0.15, -0.1) is 0 Å². The molecule has 4 heteroatoms. The first-order chi connectivity index (χ1) is 7.69. The molecule has 0 N–H and O–H groups in total. The van der Waals surface area contributed by atoms with Crippen molar-refractivity contribution < 1.29 is 4.74 Å². The summed E-state index contributed by atoms with van der Waals surface area (Å²) in [5.74, 6) is 0.884. The molecule has 16 heavy (non-hydrogen) atoms. The molecule has 0 bridgehead atoms. The van der Waals surface area contributed by atoms with Crippen LogP contribution in [0.25, 0.3) is 0 Å². The predicted molar refractivity (Wildman–Crippen MR) is 71.8 cm³/mol. The van der Waals surface area contributed by atoms with E-state index in [-0.39, 0.29) is 0 Å². The molecule has 0 aliphatic rings. The zero-order valence-corrected chi connectivity index (χ0v) is 11.4. The van der Waals surface area contributed by atoms with Crippen LogP contribution >= 0.6 is 22.6 Å². The topological polar surface area (TPSA) is 27.1 Å². The van der Waals surface area contributed by atoms with Gasteiger partial charge in [0.25, 0.3) is 0 Å². The van der Waals surface area contributed by atoms with Crippen LogP contribution in [-0.4, -0.2) is 16.9 Å². The maximum atomic E-state index is 5.12. The Bertz CT molecular complexity index is 457. The van der Waals surface area contributed by atoms with Crippen LogP contribution in [0.1, 0.15) is 11.1 Å². The van der Waals surface area contributed by atoms with Crippen LogP contribution in [0.4, 0.5) is 0 Å². The second kappa shape index (κ2) is 4.86. The molecule has 1 aromatic carbocycles. The summed E-state index contributed by atoms with van der Waals surface area (Å²) >= 11 is 2.25. The summed E-state index contributed by atoms with van der Waals surface area (Å²) in [6.07, 6.45) is 2.06. The zero-order valence-electron chi connectivity index (χ0n) is 9.27. The van der Waals surface area contributed by atoms with Gasteiger partial charge in [-0.1, -0.05) is 12.1 Å². The summed E-state index contributed by atoms with van der Waals surface area (Å²) in [5.41, 5.74) is 2.44. The van der Waals surface area contributed by atoms with E-state index in [0.29, 0.717) is 0 Å². The largest absolute Gasteiger partial charge is 0.497 e. The van der Waals surface area contributed by atoms with Gasteiger partial charge in [0, 0.05) is 11.8 Å². The van der Waals surface area contributed by atoms with Crippen molar-refractivity contribution in [2.75, 3.05) is 7.11 Å². The summed E-state index contributed by atoms with van der Waals surface area (Å²) in [5, 5.41) is 4.42. The molecule has 84 valence electrons. The van der Waals surface area contributed by atoms with Gasteiger partial charge >= 0.3 is 0 Å². The number of halogens is 1. The first kappa shape index (κ1) is 11.4. The highest BCUT2D eigenvalue weighted by molar-refractivity contribution is 14.1. The van der Waals surface area contributed by atoms with E-state index >= 15 is 0 Å².